The van der Waals surface area contributed by atoms with Gasteiger partial charge >= 0.3 is 24.2 Å². The van der Waals surface area contributed by atoms with Crippen molar-refractivity contribution in [3.63, 3.8) is 0 Å². The molecule has 1 aliphatic heterocycles. The molecule has 1 fully saturated rings. The summed E-state index contributed by atoms with van der Waals surface area (Å²) in [7, 11) is 0. The second-order valence-corrected chi connectivity index (χ2v) is 9.70. The van der Waals surface area contributed by atoms with Gasteiger partial charge in [-0.1, -0.05) is 79.2 Å². The molecular weight excluding hydrogens is 612 g/mol. The predicted octanol–water partition coefficient (Wildman–Crippen LogP) is 5.52. The van der Waals surface area contributed by atoms with Gasteiger partial charge in [-0.05, 0) is 38.3 Å². The summed E-state index contributed by atoms with van der Waals surface area (Å²) in [5.74, 6) is -1.72. The number of nitrogens with zero attached hydrogens (tertiary/aromatic N) is 2. The van der Waals surface area contributed by atoms with Gasteiger partial charge < -0.3 is 23.8 Å². The fourth-order valence-electron chi connectivity index (χ4n) is 3.64. The van der Waals surface area contributed by atoms with E-state index in [1.165, 1.54) is 0 Å². The maximum absolute atomic E-state index is 12.2. The first kappa shape index (κ1) is 39.8. The molecule has 13 heteroatoms. The van der Waals surface area contributed by atoms with E-state index in [-0.39, 0.29) is 50.5 Å². The minimum Gasteiger partial charge on any atom is -0.466 e. The Morgan fingerprint density at radius 3 is 1.77 bits per heavy atom. The Hall–Kier alpha value is -5.20. The summed E-state index contributed by atoms with van der Waals surface area (Å²) >= 11 is 0. The summed E-state index contributed by atoms with van der Waals surface area (Å²) in [6.45, 7) is 12.0. The lowest BCUT2D eigenvalue weighted by Gasteiger charge is -2.27. The molecule has 3 amide bonds. The summed E-state index contributed by atoms with van der Waals surface area (Å²) in [6, 6.07) is 18.5. The summed E-state index contributed by atoms with van der Waals surface area (Å²) in [6.07, 6.45) is 0.769. The third kappa shape index (κ3) is 16.6. The van der Waals surface area contributed by atoms with Crippen molar-refractivity contribution in [3.05, 3.63) is 84.4 Å². The molecule has 0 saturated carbocycles. The molecule has 3 rings (SSSR count). The van der Waals surface area contributed by atoms with Crippen LogP contribution in [0.2, 0.25) is 0 Å². The number of rotatable bonds is 13. The molecule has 1 aliphatic rings. The second kappa shape index (κ2) is 23.2. The fraction of sp³-hybridized carbons (Fsp3) is 0.412. The van der Waals surface area contributed by atoms with Crippen LogP contribution >= 0.6 is 0 Å². The Balaban J connectivity index is 0.000000396. The number of carbonyl (C=O) groups excluding carboxylic acids is 6. The van der Waals surface area contributed by atoms with Crippen LogP contribution in [0.1, 0.15) is 64.5 Å². The van der Waals surface area contributed by atoms with Gasteiger partial charge in [0.05, 0.1) is 19.6 Å². The quantitative estimate of drug-likeness (QED) is 0.116. The molecule has 2 aromatic carbocycles. The van der Waals surface area contributed by atoms with Crippen molar-refractivity contribution < 1.29 is 52.6 Å². The van der Waals surface area contributed by atoms with Gasteiger partial charge in [-0.2, -0.15) is 0 Å². The van der Waals surface area contributed by atoms with Crippen LogP contribution in [-0.4, -0.2) is 71.8 Å². The molecule has 2 aromatic rings. The standard InChI is InChI=1S/C17H25NO4.C12H11NO5.C5H8O2/c1-4-14(3)18(12-11-16(19)21-5-2)17(20)22-13-15-9-7-6-8-10-15;14-10-6-7-11(15)13(10)18-12(16)17-8-9-4-2-1-3-5-9;1-3-5(6)7-4-2/h6-10,14H,4-5,11-13H2,1-3H3;1-5H,6-8H2;3H,1,4H2,2H3. The van der Waals surface area contributed by atoms with Gasteiger partial charge in [0.2, 0.25) is 0 Å². The molecule has 256 valence electrons. The zero-order valence-corrected chi connectivity index (χ0v) is 27.4. The maximum atomic E-state index is 12.2. The van der Waals surface area contributed by atoms with Crippen LogP contribution in [0.5, 0.6) is 0 Å². The van der Waals surface area contributed by atoms with E-state index in [1.54, 1.807) is 43.0 Å². The summed E-state index contributed by atoms with van der Waals surface area (Å²) < 4.78 is 19.5. The topological polar surface area (TPSA) is 155 Å². The van der Waals surface area contributed by atoms with E-state index in [1.807, 2.05) is 50.2 Å². The van der Waals surface area contributed by atoms with E-state index >= 15 is 0 Å². The molecule has 1 unspecified atom stereocenters. The third-order valence-corrected chi connectivity index (χ3v) is 6.25. The average molecular weight is 657 g/mol. The highest BCUT2D eigenvalue weighted by molar-refractivity contribution is 6.01. The van der Waals surface area contributed by atoms with E-state index in [0.717, 1.165) is 23.6 Å². The normalized spacial score (nSPS) is 12.2. The van der Waals surface area contributed by atoms with Crippen LogP contribution in [0.4, 0.5) is 9.59 Å². The van der Waals surface area contributed by atoms with Crippen LogP contribution in [-0.2, 0) is 56.2 Å². The van der Waals surface area contributed by atoms with Crippen molar-refractivity contribution in [1.82, 2.24) is 9.96 Å². The van der Waals surface area contributed by atoms with Crippen LogP contribution in [0.15, 0.2) is 73.3 Å². The van der Waals surface area contributed by atoms with Gasteiger partial charge in [0.15, 0.2) is 0 Å². The molecule has 0 radical (unpaired) electrons. The molecular formula is C34H44N2O11. The van der Waals surface area contributed by atoms with Crippen molar-refractivity contribution in [1.29, 1.82) is 0 Å². The van der Waals surface area contributed by atoms with Gasteiger partial charge in [-0.25, -0.2) is 14.4 Å². The number of imide groups is 1. The van der Waals surface area contributed by atoms with Crippen molar-refractivity contribution in [2.24, 2.45) is 0 Å². The lowest BCUT2D eigenvalue weighted by molar-refractivity contribution is -0.177. The summed E-state index contributed by atoms with van der Waals surface area (Å²) in [4.78, 5) is 73.5. The Morgan fingerprint density at radius 1 is 0.809 bits per heavy atom. The van der Waals surface area contributed by atoms with Gasteiger partial charge in [-0.15, -0.1) is 0 Å². The van der Waals surface area contributed by atoms with Gasteiger partial charge in [-0.3, -0.25) is 19.2 Å². The predicted molar refractivity (Wildman–Crippen MR) is 170 cm³/mol. The number of benzene rings is 2. The first-order valence-electron chi connectivity index (χ1n) is 15.2. The highest BCUT2D eigenvalue weighted by Gasteiger charge is 2.33. The zero-order chi connectivity index (χ0) is 35.0. The van der Waals surface area contributed by atoms with E-state index in [4.69, 9.17) is 14.2 Å². The highest BCUT2D eigenvalue weighted by atomic mass is 16.8. The van der Waals surface area contributed by atoms with Crippen LogP contribution in [0.3, 0.4) is 0 Å². The first-order chi connectivity index (χ1) is 22.6. The first-order valence-corrected chi connectivity index (χ1v) is 15.2. The third-order valence-electron chi connectivity index (χ3n) is 6.25. The van der Waals surface area contributed by atoms with Gasteiger partial charge in [0.1, 0.15) is 13.2 Å². The zero-order valence-electron chi connectivity index (χ0n) is 27.4. The summed E-state index contributed by atoms with van der Waals surface area (Å²) in [5.41, 5.74) is 1.72. The molecule has 1 heterocycles. The number of hydrogen-bond donors (Lipinski definition) is 0. The number of esters is 2. The number of carbonyl (C=O) groups is 6. The Bertz CT molecular complexity index is 1270. The van der Waals surface area contributed by atoms with Crippen molar-refractivity contribution in [3.8, 4) is 0 Å². The number of amides is 3. The Labute approximate surface area is 275 Å². The molecule has 1 saturated heterocycles. The van der Waals surface area contributed by atoms with Gasteiger partial charge in [0, 0.05) is 31.5 Å². The van der Waals surface area contributed by atoms with Crippen molar-refractivity contribution in [2.45, 2.75) is 72.6 Å². The SMILES string of the molecule is C=CC(=O)OCC.CCOC(=O)CCN(C(=O)OCc1ccccc1)C(C)CC.O=C(OCc1ccccc1)ON1C(=O)CCC1=O. The smallest absolute Gasteiger partial charge is 0.466 e. The van der Waals surface area contributed by atoms with Crippen LogP contribution in [0.25, 0.3) is 0 Å². The van der Waals surface area contributed by atoms with Crippen LogP contribution in [0, 0.1) is 0 Å². The molecule has 0 spiro atoms. The molecule has 0 aromatic heterocycles. The molecule has 47 heavy (non-hydrogen) atoms. The molecule has 0 aliphatic carbocycles. The minimum atomic E-state index is -1.07. The van der Waals surface area contributed by atoms with E-state index in [0.29, 0.717) is 24.8 Å². The molecule has 0 bridgehead atoms. The highest BCUT2D eigenvalue weighted by Crippen LogP contribution is 2.13. The van der Waals surface area contributed by atoms with E-state index < -0.39 is 24.1 Å². The number of hydrogen-bond acceptors (Lipinski definition) is 11. The maximum Gasteiger partial charge on any atom is 0.534 e. The van der Waals surface area contributed by atoms with E-state index in [2.05, 4.69) is 16.2 Å². The largest absolute Gasteiger partial charge is 0.534 e. The number of hydroxylamine groups is 2. The number of ether oxygens (including phenoxy) is 4. The Morgan fingerprint density at radius 2 is 1.32 bits per heavy atom. The van der Waals surface area contributed by atoms with Crippen molar-refractivity contribution >= 4 is 36.0 Å². The lowest BCUT2D eigenvalue weighted by Crippen LogP contribution is -2.40. The summed E-state index contributed by atoms with van der Waals surface area (Å²) in [5, 5.41) is 0.452. The second-order valence-electron chi connectivity index (χ2n) is 9.70. The lowest BCUT2D eigenvalue weighted by atomic mass is 10.2. The minimum absolute atomic E-state index is 0.0118. The van der Waals surface area contributed by atoms with E-state index in [9.17, 15) is 28.8 Å². The van der Waals surface area contributed by atoms with Crippen LogP contribution < -0.4 is 0 Å². The van der Waals surface area contributed by atoms with Crippen molar-refractivity contribution in [2.75, 3.05) is 19.8 Å². The monoisotopic (exact) mass is 656 g/mol. The average Bonchev–Trinajstić information content (AvgIpc) is 3.40. The molecule has 13 nitrogen and oxygen atoms in total. The fourth-order valence-corrected chi connectivity index (χ4v) is 3.64. The van der Waals surface area contributed by atoms with Gasteiger partial charge in [0.25, 0.3) is 11.8 Å². The molecule has 0 N–H and O–H groups in total. The Kier molecular flexibility index (Phi) is 19.6. The molecule has 1 atom stereocenters.